The first-order chi connectivity index (χ1) is 8.14. The van der Waals surface area contributed by atoms with Crippen molar-refractivity contribution in [1.29, 1.82) is 0 Å². The lowest BCUT2D eigenvalue weighted by molar-refractivity contribution is 0.193. The highest BCUT2D eigenvalue weighted by molar-refractivity contribution is 5.66. The van der Waals surface area contributed by atoms with E-state index < -0.39 is 0 Å². The SMILES string of the molecule is CCC1(CC)CN(c2cc(N)ccc2OC)C1. The highest BCUT2D eigenvalue weighted by atomic mass is 16.5. The van der Waals surface area contributed by atoms with Crippen LogP contribution in [-0.2, 0) is 0 Å². The summed E-state index contributed by atoms with van der Waals surface area (Å²) in [7, 11) is 1.71. The summed E-state index contributed by atoms with van der Waals surface area (Å²) in [5.41, 5.74) is 8.27. The molecular weight excluding hydrogens is 212 g/mol. The fraction of sp³-hybridized carbons (Fsp3) is 0.571. The van der Waals surface area contributed by atoms with Gasteiger partial charge in [-0.3, -0.25) is 0 Å². The largest absolute Gasteiger partial charge is 0.495 e. The van der Waals surface area contributed by atoms with Crippen molar-refractivity contribution in [2.75, 3.05) is 30.8 Å². The molecule has 0 unspecified atom stereocenters. The molecule has 1 aliphatic rings. The molecule has 0 atom stereocenters. The minimum absolute atomic E-state index is 0.496. The number of rotatable bonds is 4. The number of ether oxygens (including phenoxy) is 1. The number of hydrogen-bond acceptors (Lipinski definition) is 3. The fourth-order valence-corrected chi connectivity index (χ4v) is 2.59. The van der Waals surface area contributed by atoms with Crippen LogP contribution < -0.4 is 15.4 Å². The molecule has 1 aliphatic heterocycles. The van der Waals surface area contributed by atoms with Crippen molar-refractivity contribution < 1.29 is 4.74 Å². The average molecular weight is 234 g/mol. The molecular formula is C14H22N2O. The molecule has 1 saturated heterocycles. The molecule has 1 fully saturated rings. The van der Waals surface area contributed by atoms with E-state index in [0.717, 1.165) is 30.2 Å². The van der Waals surface area contributed by atoms with E-state index in [9.17, 15) is 0 Å². The number of anilines is 2. The van der Waals surface area contributed by atoms with E-state index in [1.165, 1.54) is 12.8 Å². The van der Waals surface area contributed by atoms with Gasteiger partial charge in [0, 0.05) is 24.2 Å². The van der Waals surface area contributed by atoms with Crippen molar-refractivity contribution in [1.82, 2.24) is 0 Å². The van der Waals surface area contributed by atoms with Gasteiger partial charge in [-0.25, -0.2) is 0 Å². The fourth-order valence-electron chi connectivity index (χ4n) is 2.59. The Kier molecular flexibility index (Phi) is 3.18. The van der Waals surface area contributed by atoms with Gasteiger partial charge in [0.15, 0.2) is 0 Å². The number of methoxy groups -OCH3 is 1. The van der Waals surface area contributed by atoms with E-state index in [2.05, 4.69) is 18.7 Å². The number of nitrogens with two attached hydrogens (primary N) is 1. The minimum atomic E-state index is 0.496. The van der Waals surface area contributed by atoms with Gasteiger partial charge in [-0.05, 0) is 31.0 Å². The Balaban J connectivity index is 2.18. The maximum atomic E-state index is 5.85. The second-order valence-electron chi connectivity index (χ2n) is 4.99. The third-order valence-corrected chi connectivity index (χ3v) is 4.10. The van der Waals surface area contributed by atoms with E-state index in [1.54, 1.807) is 7.11 Å². The molecule has 0 amide bonds. The van der Waals surface area contributed by atoms with Crippen molar-refractivity contribution >= 4 is 11.4 Å². The van der Waals surface area contributed by atoms with E-state index in [1.807, 2.05) is 18.2 Å². The van der Waals surface area contributed by atoms with Gasteiger partial charge in [0.1, 0.15) is 5.75 Å². The smallest absolute Gasteiger partial charge is 0.142 e. The molecule has 3 heteroatoms. The van der Waals surface area contributed by atoms with Gasteiger partial charge in [-0.1, -0.05) is 13.8 Å². The molecule has 0 bridgehead atoms. The molecule has 2 N–H and O–H groups in total. The number of nitrogens with zero attached hydrogens (tertiary/aromatic N) is 1. The van der Waals surface area contributed by atoms with Gasteiger partial charge in [0.2, 0.25) is 0 Å². The van der Waals surface area contributed by atoms with Gasteiger partial charge < -0.3 is 15.4 Å². The first-order valence-corrected chi connectivity index (χ1v) is 6.32. The van der Waals surface area contributed by atoms with E-state index >= 15 is 0 Å². The molecule has 17 heavy (non-hydrogen) atoms. The van der Waals surface area contributed by atoms with Gasteiger partial charge in [-0.2, -0.15) is 0 Å². The lowest BCUT2D eigenvalue weighted by atomic mass is 9.75. The average Bonchev–Trinajstić information content (AvgIpc) is 2.29. The normalized spacial score (nSPS) is 17.7. The summed E-state index contributed by atoms with van der Waals surface area (Å²) in [6, 6.07) is 5.84. The van der Waals surface area contributed by atoms with Gasteiger partial charge in [0.25, 0.3) is 0 Å². The van der Waals surface area contributed by atoms with Crippen LogP contribution >= 0.6 is 0 Å². The van der Waals surface area contributed by atoms with Gasteiger partial charge in [0.05, 0.1) is 12.8 Å². The molecule has 0 radical (unpaired) electrons. The first-order valence-electron chi connectivity index (χ1n) is 6.32. The van der Waals surface area contributed by atoms with Crippen molar-refractivity contribution in [3.8, 4) is 5.75 Å². The van der Waals surface area contributed by atoms with Crippen LogP contribution in [0.3, 0.4) is 0 Å². The standard InChI is InChI=1S/C14H22N2O/c1-4-14(5-2)9-16(10-14)12-8-11(15)6-7-13(12)17-3/h6-8H,4-5,9-10,15H2,1-3H3. The Hall–Kier alpha value is -1.38. The van der Waals surface area contributed by atoms with Crippen LogP contribution in [0.1, 0.15) is 26.7 Å². The highest BCUT2D eigenvalue weighted by Crippen LogP contribution is 2.43. The lowest BCUT2D eigenvalue weighted by Crippen LogP contribution is -2.56. The molecule has 0 aromatic heterocycles. The summed E-state index contributed by atoms with van der Waals surface area (Å²) >= 11 is 0. The molecule has 2 rings (SSSR count). The number of nitrogen functional groups attached to an aromatic ring is 1. The van der Waals surface area contributed by atoms with Crippen LogP contribution in [0.4, 0.5) is 11.4 Å². The van der Waals surface area contributed by atoms with Crippen LogP contribution in [0, 0.1) is 5.41 Å². The second-order valence-corrected chi connectivity index (χ2v) is 4.99. The maximum Gasteiger partial charge on any atom is 0.142 e. The summed E-state index contributed by atoms with van der Waals surface area (Å²) in [5, 5.41) is 0. The van der Waals surface area contributed by atoms with E-state index in [0.29, 0.717) is 5.41 Å². The maximum absolute atomic E-state index is 5.85. The van der Waals surface area contributed by atoms with E-state index in [-0.39, 0.29) is 0 Å². The van der Waals surface area contributed by atoms with Gasteiger partial charge in [-0.15, -0.1) is 0 Å². The van der Waals surface area contributed by atoms with Crippen LogP contribution in [0.5, 0.6) is 5.75 Å². The van der Waals surface area contributed by atoms with Crippen LogP contribution in [0.15, 0.2) is 18.2 Å². The van der Waals surface area contributed by atoms with Crippen molar-refractivity contribution in [3.63, 3.8) is 0 Å². The van der Waals surface area contributed by atoms with Crippen molar-refractivity contribution in [2.24, 2.45) is 5.41 Å². The second kappa shape index (κ2) is 4.47. The van der Waals surface area contributed by atoms with Crippen LogP contribution in [0.25, 0.3) is 0 Å². The molecule has 94 valence electrons. The summed E-state index contributed by atoms with van der Waals surface area (Å²) in [5.74, 6) is 0.917. The van der Waals surface area contributed by atoms with Crippen molar-refractivity contribution in [2.45, 2.75) is 26.7 Å². The quantitative estimate of drug-likeness (QED) is 0.814. The van der Waals surface area contributed by atoms with Crippen LogP contribution in [0.2, 0.25) is 0 Å². The first kappa shape index (κ1) is 12.1. The molecule has 1 aromatic carbocycles. The molecule has 0 saturated carbocycles. The minimum Gasteiger partial charge on any atom is -0.495 e. The molecule has 3 nitrogen and oxygen atoms in total. The number of benzene rings is 1. The van der Waals surface area contributed by atoms with Crippen molar-refractivity contribution in [3.05, 3.63) is 18.2 Å². The monoisotopic (exact) mass is 234 g/mol. The number of hydrogen-bond donors (Lipinski definition) is 1. The zero-order valence-corrected chi connectivity index (χ0v) is 11.0. The zero-order chi connectivity index (χ0) is 12.5. The third-order valence-electron chi connectivity index (χ3n) is 4.10. The highest BCUT2D eigenvalue weighted by Gasteiger charge is 2.40. The predicted octanol–water partition coefficient (Wildman–Crippen LogP) is 2.90. The third kappa shape index (κ3) is 2.06. The summed E-state index contributed by atoms with van der Waals surface area (Å²) in [6.07, 6.45) is 2.48. The van der Waals surface area contributed by atoms with E-state index in [4.69, 9.17) is 10.5 Å². The molecule has 1 heterocycles. The summed E-state index contributed by atoms with van der Waals surface area (Å²) in [4.78, 5) is 2.36. The topological polar surface area (TPSA) is 38.5 Å². The summed E-state index contributed by atoms with van der Waals surface area (Å²) < 4.78 is 5.40. The summed E-state index contributed by atoms with van der Waals surface area (Å²) in [6.45, 7) is 6.77. The van der Waals surface area contributed by atoms with Crippen LogP contribution in [-0.4, -0.2) is 20.2 Å². The Morgan fingerprint density at radius 3 is 2.47 bits per heavy atom. The molecule has 0 aliphatic carbocycles. The zero-order valence-electron chi connectivity index (χ0n) is 11.0. The lowest BCUT2D eigenvalue weighted by Gasteiger charge is -2.51. The Labute approximate surface area is 104 Å². The molecule has 0 spiro atoms. The Bertz CT molecular complexity index is 391. The Morgan fingerprint density at radius 2 is 1.94 bits per heavy atom. The van der Waals surface area contributed by atoms with Gasteiger partial charge >= 0.3 is 0 Å². The Morgan fingerprint density at radius 1 is 1.29 bits per heavy atom. The predicted molar refractivity (Wildman–Crippen MR) is 72.6 cm³/mol. The molecule has 1 aromatic rings.